The van der Waals surface area contributed by atoms with Gasteiger partial charge in [0.05, 0.1) is 12.5 Å². The van der Waals surface area contributed by atoms with E-state index in [-0.39, 0.29) is 25.1 Å². The minimum absolute atomic E-state index is 0.0935. The molecule has 0 aliphatic carbocycles. The maximum atomic E-state index is 11.4. The van der Waals surface area contributed by atoms with E-state index < -0.39 is 5.09 Å². The van der Waals surface area contributed by atoms with Crippen molar-refractivity contribution in [1.29, 1.82) is 0 Å². The maximum Gasteiger partial charge on any atom is 0.310 e. The van der Waals surface area contributed by atoms with E-state index in [1.807, 2.05) is 0 Å². The van der Waals surface area contributed by atoms with E-state index in [4.69, 9.17) is 4.74 Å². The topological polar surface area (TPSA) is 78.7 Å². The van der Waals surface area contributed by atoms with E-state index >= 15 is 0 Å². The Labute approximate surface area is 105 Å². The zero-order valence-corrected chi connectivity index (χ0v) is 10.3. The van der Waals surface area contributed by atoms with Gasteiger partial charge in [0.2, 0.25) is 0 Å². The number of ether oxygens (including phenoxy) is 1. The molecule has 1 aromatic rings. The van der Waals surface area contributed by atoms with Crippen molar-refractivity contribution < 1.29 is 19.5 Å². The van der Waals surface area contributed by atoms with Crippen LogP contribution in [0.2, 0.25) is 0 Å². The summed E-state index contributed by atoms with van der Waals surface area (Å²) in [4.78, 5) is 25.6. The molecule has 6 nitrogen and oxygen atoms in total. The van der Waals surface area contributed by atoms with Crippen LogP contribution in [0.25, 0.3) is 0 Å². The molecule has 0 aliphatic rings. The number of hydrogen-bond donors (Lipinski definition) is 0. The average molecular weight is 253 g/mol. The first kappa shape index (κ1) is 14.0. The predicted molar refractivity (Wildman–Crippen MR) is 63.2 cm³/mol. The highest BCUT2D eigenvalue weighted by Gasteiger charge is 2.07. The van der Waals surface area contributed by atoms with Gasteiger partial charge in [0.15, 0.2) is 0 Å². The lowest BCUT2D eigenvalue weighted by molar-refractivity contribution is -0.763. The Kier molecular flexibility index (Phi) is 5.10. The lowest BCUT2D eigenvalue weighted by atomic mass is 10.1. The third-order valence-corrected chi connectivity index (χ3v) is 2.08. The average Bonchev–Trinajstić information content (AvgIpc) is 2.26. The molecule has 0 unspecified atom stereocenters. The number of carbonyl (C=O) groups is 1. The fraction of sp³-hybridized carbons (Fsp3) is 0.417. The summed E-state index contributed by atoms with van der Waals surface area (Å²) in [6, 6.07) is 6.81. The third kappa shape index (κ3) is 5.29. The molecular weight excluding hydrogens is 238 g/mol. The van der Waals surface area contributed by atoms with Crippen molar-refractivity contribution in [3.05, 3.63) is 45.5 Å². The fourth-order valence-corrected chi connectivity index (χ4v) is 1.35. The Morgan fingerprint density at radius 1 is 1.28 bits per heavy atom. The van der Waals surface area contributed by atoms with Gasteiger partial charge in [-0.25, -0.2) is 0 Å². The Morgan fingerprint density at radius 2 is 1.83 bits per heavy atom. The van der Waals surface area contributed by atoms with Crippen LogP contribution in [0.4, 0.5) is 0 Å². The van der Waals surface area contributed by atoms with Gasteiger partial charge in [-0.05, 0) is 25.0 Å². The molecule has 0 heterocycles. The second kappa shape index (κ2) is 6.58. The van der Waals surface area contributed by atoms with Gasteiger partial charge in [-0.2, -0.15) is 0 Å². The summed E-state index contributed by atoms with van der Waals surface area (Å²) in [7, 11) is 0. The number of benzene rings is 1. The molecule has 0 saturated heterocycles. The highest BCUT2D eigenvalue weighted by Crippen LogP contribution is 2.07. The Balaban J connectivity index is 2.49. The summed E-state index contributed by atoms with van der Waals surface area (Å²) in [6.45, 7) is 3.48. The predicted octanol–water partition coefficient (Wildman–Crippen LogP) is 1.89. The molecule has 0 bridgehead atoms. The van der Waals surface area contributed by atoms with Gasteiger partial charge in [-0.3, -0.25) is 4.79 Å². The Hall–Kier alpha value is -2.11. The van der Waals surface area contributed by atoms with Crippen LogP contribution in [0.1, 0.15) is 25.0 Å². The number of hydrogen-bond acceptors (Lipinski definition) is 5. The van der Waals surface area contributed by atoms with Crippen molar-refractivity contribution in [3.8, 4) is 0 Å². The van der Waals surface area contributed by atoms with Gasteiger partial charge in [0.25, 0.3) is 5.09 Å². The van der Waals surface area contributed by atoms with Crippen LogP contribution in [-0.4, -0.2) is 17.2 Å². The first-order chi connectivity index (χ1) is 8.47. The number of rotatable bonds is 6. The van der Waals surface area contributed by atoms with Crippen LogP contribution >= 0.6 is 0 Å². The Bertz CT molecular complexity index is 413. The van der Waals surface area contributed by atoms with Crippen LogP contribution in [0.5, 0.6) is 0 Å². The zero-order valence-electron chi connectivity index (χ0n) is 10.3. The maximum absolute atomic E-state index is 11.4. The standard InChI is InChI=1S/C12H15NO5/c1-9(2)18-12(14)7-10-3-5-11(6-4-10)8-17-13(15)16/h3-6,9H,7-8H2,1-2H3. The van der Waals surface area contributed by atoms with Gasteiger partial charge in [0.1, 0.15) is 6.61 Å². The largest absolute Gasteiger partial charge is 0.463 e. The van der Waals surface area contributed by atoms with Gasteiger partial charge in [-0.1, -0.05) is 24.3 Å². The molecule has 0 aliphatic heterocycles. The molecule has 0 fully saturated rings. The molecule has 6 heteroatoms. The first-order valence-corrected chi connectivity index (χ1v) is 5.52. The fourth-order valence-electron chi connectivity index (χ4n) is 1.35. The minimum atomic E-state index is -0.839. The summed E-state index contributed by atoms with van der Waals surface area (Å²) < 4.78 is 5.01. The van der Waals surface area contributed by atoms with Gasteiger partial charge in [0, 0.05) is 0 Å². The summed E-state index contributed by atoms with van der Waals surface area (Å²) in [5, 5.41) is 9.17. The SMILES string of the molecule is CC(C)OC(=O)Cc1ccc(CO[N+](=O)[O-])cc1. The van der Waals surface area contributed by atoms with Gasteiger partial charge in [-0.15, -0.1) is 10.1 Å². The second-order valence-electron chi connectivity index (χ2n) is 4.03. The molecule has 18 heavy (non-hydrogen) atoms. The third-order valence-electron chi connectivity index (χ3n) is 2.08. The molecule has 0 aromatic heterocycles. The highest BCUT2D eigenvalue weighted by atomic mass is 16.9. The highest BCUT2D eigenvalue weighted by molar-refractivity contribution is 5.72. The van der Waals surface area contributed by atoms with E-state index in [2.05, 4.69) is 4.84 Å². The van der Waals surface area contributed by atoms with E-state index in [0.717, 1.165) is 5.56 Å². The number of nitrogens with zero attached hydrogens (tertiary/aromatic N) is 1. The molecule has 0 atom stereocenters. The smallest absolute Gasteiger partial charge is 0.310 e. The van der Waals surface area contributed by atoms with Crippen molar-refractivity contribution in [3.63, 3.8) is 0 Å². The van der Waals surface area contributed by atoms with Crippen molar-refractivity contribution >= 4 is 5.97 Å². The van der Waals surface area contributed by atoms with Gasteiger partial charge >= 0.3 is 5.97 Å². The molecule has 0 amide bonds. The zero-order chi connectivity index (χ0) is 13.5. The number of esters is 1. The summed E-state index contributed by atoms with van der Waals surface area (Å²) in [5.74, 6) is -0.292. The van der Waals surface area contributed by atoms with Crippen LogP contribution in [0.3, 0.4) is 0 Å². The molecular formula is C12H15NO5. The monoisotopic (exact) mass is 253 g/mol. The summed E-state index contributed by atoms with van der Waals surface area (Å²) >= 11 is 0. The summed E-state index contributed by atoms with van der Waals surface area (Å²) in [6.07, 6.45) is 0.0550. The van der Waals surface area contributed by atoms with Crippen molar-refractivity contribution in [2.75, 3.05) is 0 Å². The first-order valence-electron chi connectivity index (χ1n) is 5.52. The van der Waals surface area contributed by atoms with Crippen molar-refractivity contribution in [1.82, 2.24) is 0 Å². The molecule has 0 radical (unpaired) electrons. The van der Waals surface area contributed by atoms with E-state index in [0.29, 0.717) is 5.56 Å². The van der Waals surface area contributed by atoms with E-state index in [1.54, 1.807) is 38.1 Å². The van der Waals surface area contributed by atoms with Crippen molar-refractivity contribution in [2.45, 2.75) is 33.0 Å². The van der Waals surface area contributed by atoms with Gasteiger partial charge < -0.3 is 9.57 Å². The lowest BCUT2D eigenvalue weighted by Crippen LogP contribution is -2.13. The van der Waals surface area contributed by atoms with Crippen molar-refractivity contribution in [2.24, 2.45) is 0 Å². The number of carbonyl (C=O) groups excluding carboxylic acids is 1. The van der Waals surface area contributed by atoms with Crippen LogP contribution in [-0.2, 0) is 27.4 Å². The van der Waals surface area contributed by atoms with E-state index in [9.17, 15) is 14.9 Å². The lowest BCUT2D eigenvalue weighted by Gasteiger charge is -2.08. The molecule has 98 valence electrons. The second-order valence-corrected chi connectivity index (χ2v) is 4.03. The summed E-state index contributed by atoms with van der Waals surface area (Å²) in [5.41, 5.74) is 1.47. The molecule has 0 saturated carbocycles. The molecule has 1 aromatic carbocycles. The normalized spacial score (nSPS) is 10.2. The quantitative estimate of drug-likeness (QED) is 0.439. The van der Waals surface area contributed by atoms with Crippen LogP contribution in [0.15, 0.2) is 24.3 Å². The van der Waals surface area contributed by atoms with E-state index in [1.165, 1.54) is 0 Å². The molecule has 0 spiro atoms. The van der Waals surface area contributed by atoms with Crippen LogP contribution in [0, 0.1) is 10.1 Å². The minimum Gasteiger partial charge on any atom is -0.463 e. The van der Waals surface area contributed by atoms with Crippen LogP contribution < -0.4 is 0 Å². The molecule has 1 rings (SSSR count). The molecule has 0 N–H and O–H groups in total. The Morgan fingerprint density at radius 3 is 2.33 bits per heavy atom.